The molecule has 2 heterocycles. The highest BCUT2D eigenvalue weighted by atomic mass is 16.3. The Morgan fingerprint density at radius 3 is 3.08 bits per heavy atom. The molecule has 4 nitrogen and oxygen atoms in total. The number of hydrogen-bond donors (Lipinski definition) is 1. The van der Waals surface area contributed by atoms with Crippen LogP contribution in [0.1, 0.15) is 11.4 Å². The second-order valence-electron chi connectivity index (χ2n) is 2.64. The third-order valence-electron chi connectivity index (χ3n) is 1.80. The zero-order valence-corrected chi connectivity index (χ0v) is 6.73. The molecule has 0 saturated heterocycles. The molecule has 2 rings (SSSR count). The molecule has 0 aromatic carbocycles. The lowest BCUT2D eigenvalue weighted by Gasteiger charge is -1.93. The van der Waals surface area contributed by atoms with Crippen molar-refractivity contribution < 1.29 is 5.11 Å². The van der Waals surface area contributed by atoms with Gasteiger partial charge in [0, 0.05) is 12.4 Å². The molecule has 0 spiro atoms. The molecule has 0 radical (unpaired) electrons. The van der Waals surface area contributed by atoms with Crippen molar-refractivity contribution in [1.82, 2.24) is 14.6 Å². The van der Waals surface area contributed by atoms with Gasteiger partial charge in [0.25, 0.3) is 0 Å². The first kappa shape index (κ1) is 7.24. The molecule has 62 valence electrons. The molecule has 0 bridgehead atoms. The molecule has 0 unspecified atom stereocenters. The largest absolute Gasteiger partial charge is 0.390 e. The van der Waals surface area contributed by atoms with Gasteiger partial charge in [0.05, 0.1) is 23.5 Å². The van der Waals surface area contributed by atoms with E-state index in [0.29, 0.717) is 5.69 Å². The van der Waals surface area contributed by atoms with Crippen molar-refractivity contribution in [2.75, 3.05) is 0 Å². The van der Waals surface area contributed by atoms with Crippen LogP contribution in [0, 0.1) is 6.92 Å². The SMILES string of the molecule is Cc1nccn2nc(CO)cc12. The number of rotatable bonds is 1. The van der Waals surface area contributed by atoms with E-state index in [0.717, 1.165) is 11.2 Å². The number of aryl methyl sites for hydroxylation is 1. The lowest BCUT2D eigenvalue weighted by atomic mass is 10.3. The molecule has 0 aliphatic carbocycles. The maximum atomic E-state index is 8.83. The molecular formula is C8H9N3O. The van der Waals surface area contributed by atoms with E-state index in [9.17, 15) is 0 Å². The standard InChI is InChI=1S/C8H9N3O/c1-6-8-4-7(5-12)10-11(8)3-2-9-6/h2-4,12H,5H2,1H3. The topological polar surface area (TPSA) is 50.4 Å². The molecule has 2 aromatic rings. The Morgan fingerprint density at radius 2 is 2.42 bits per heavy atom. The third-order valence-corrected chi connectivity index (χ3v) is 1.80. The van der Waals surface area contributed by atoms with Gasteiger partial charge in [0.2, 0.25) is 0 Å². The van der Waals surface area contributed by atoms with E-state index in [1.165, 1.54) is 0 Å². The van der Waals surface area contributed by atoms with Crippen molar-refractivity contribution in [2.45, 2.75) is 13.5 Å². The van der Waals surface area contributed by atoms with E-state index in [2.05, 4.69) is 10.1 Å². The van der Waals surface area contributed by atoms with E-state index in [1.54, 1.807) is 16.9 Å². The molecule has 1 N–H and O–H groups in total. The summed E-state index contributed by atoms with van der Waals surface area (Å²) in [5, 5.41) is 13.0. The highest BCUT2D eigenvalue weighted by molar-refractivity contribution is 5.51. The van der Waals surface area contributed by atoms with Crippen LogP contribution in [0.15, 0.2) is 18.5 Å². The Morgan fingerprint density at radius 1 is 1.58 bits per heavy atom. The molecule has 0 amide bonds. The minimum Gasteiger partial charge on any atom is -0.390 e. The summed E-state index contributed by atoms with van der Waals surface area (Å²) in [4.78, 5) is 4.11. The average Bonchev–Trinajstić information content (AvgIpc) is 2.49. The van der Waals surface area contributed by atoms with Gasteiger partial charge in [-0.05, 0) is 13.0 Å². The minimum absolute atomic E-state index is 0.0267. The highest BCUT2D eigenvalue weighted by Crippen LogP contribution is 2.08. The van der Waals surface area contributed by atoms with Crippen molar-refractivity contribution in [1.29, 1.82) is 0 Å². The molecule has 0 fully saturated rings. The third kappa shape index (κ3) is 0.967. The average molecular weight is 163 g/mol. The van der Waals surface area contributed by atoms with Crippen LogP contribution in [-0.4, -0.2) is 19.7 Å². The summed E-state index contributed by atoms with van der Waals surface area (Å²) in [7, 11) is 0. The van der Waals surface area contributed by atoms with Gasteiger partial charge in [-0.15, -0.1) is 0 Å². The van der Waals surface area contributed by atoms with E-state index < -0.39 is 0 Å². The normalized spacial score (nSPS) is 10.8. The van der Waals surface area contributed by atoms with Crippen LogP contribution in [0.25, 0.3) is 5.52 Å². The first-order valence-electron chi connectivity index (χ1n) is 3.72. The van der Waals surface area contributed by atoms with Crippen molar-refractivity contribution in [3.8, 4) is 0 Å². The van der Waals surface area contributed by atoms with Gasteiger partial charge in [-0.3, -0.25) is 4.98 Å². The Hall–Kier alpha value is -1.42. The molecule has 0 aliphatic rings. The Bertz CT molecular complexity index is 408. The van der Waals surface area contributed by atoms with Gasteiger partial charge in [-0.25, -0.2) is 4.52 Å². The fraction of sp³-hybridized carbons (Fsp3) is 0.250. The molecule has 2 aromatic heterocycles. The van der Waals surface area contributed by atoms with E-state index >= 15 is 0 Å². The van der Waals surface area contributed by atoms with Gasteiger partial charge >= 0.3 is 0 Å². The van der Waals surface area contributed by atoms with Crippen LogP contribution >= 0.6 is 0 Å². The van der Waals surface area contributed by atoms with E-state index in [1.807, 2.05) is 13.0 Å². The zero-order chi connectivity index (χ0) is 8.55. The highest BCUT2D eigenvalue weighted by Gasteiger charge is 2.01. The number of fused-ring (bicyclic) bond motifs is 1. The number of aliphatic hydroxyl groups excluding tert-OH is 1. The number of aliphatic hydroxyl groups is 1. The van der Waals surface area contributed by atoms with Crippen molar-refractivity contribution in [3.63, 3.8) is 0 Å². The Labute approximate surface area is 69.5 Å². The fourth-order valence-corrected chi connectivity index (χ4v) is 1.18. The summed E-state index contributed by atoms with van der Waals surface area (Å²) >= 11 is 0. The predicted molar refractivity (Wildman–Crippen MR) is 43.6 cm³/mol. The summed E-state index contributed by atoms with van der Waals surface area (Å²) in [6.45, 7) is 1.89. The summed E-state index contributed by atoms with van der Waals surface area (Å²) in [5.41, 5.74) is 2.54. The van der Waals surface area contributed by atoms with Crippen LogP contribution in [0.3, 0.4) is 0 Å². The lowest BCUT2D eigenvalue weighted by Crippen LogP contribution is -1.91. The van der Waals surface area contributed by atoms with Gasteiger partial charge < -0.3 is 5.11 Å². The second-order valence-corrected chi connectivity index (χ2v) is 2.64. The van der Waals surface area contributed by atoms with Crippen LogP contribution in [0.5, 0.6) is 0 Å². The first-order valence-corrected chi connectivity index (χ1v) is 3.72. The van der Waals surface area contributed by atoms with Crippen LogP contribution in [0.2, 0.25) is 0 Å². The lowest BCUT2D eigenvalue weighted by molar-refractivity contribution is 0.276. The smallest absolute Gasteiger partial charge is 0.0890 e. The quantitative estimate of drug-likeness (QED) is 0.667. The van der Waals surface area contributed by atoms with Crippen molar-refractivity contribution in [3.05, 3.63) is 29.8 Å². The van der Waals surface area contributed by atoms with Crippen LogP contribution in [0.4, 0.5) is 0 Å². The Balaban J connectivity index is 2.74. The Kier molecular flexibility index (Phi) is 1.55. The second kappa shape index (κ2) is 2.57. The van der Waals surface area contributed by atoms with Gasteiger partial charge in [-0.2, -0.15) is 5.10 Å². The summed E-state index contributed by atoms with van der Waals surface area (Å²) in [6, 6.07) is 1.84. The molecule has 0 atom stereocenters. The molecule has 4 heteroatoms. The predicted octanol–water partition coefficient (Wildman–Crippen LogP) is 0.530. The number of hydrogen-bond acceptors (Lipinski definition) is 3. The van der Waals surface area contributed by atoms with Gasteiger partial charge in [-0.1, -0.05) is 0 Å². The van der Waals surface area contributed by atoms with Gasteiger partial charge in [0.15, 0.2) is 0 Å². The van der Waals surface area contributed by atoms with E-state index in [-0.39, 0.29) is 6.61 Å². The molecule has 0 aliphatic heterocycles. The summed E-state index contributed by atoms with van der Waals surface area (Å²) in [6.07, 6.45) is 3.46. The van der Waals surface area contributed by atoms with Crippen LogP contribution < -0.4 is 0 Å². The fourth-order valence-electron chi connectivity index (χ4n) is 1.18. The molecular weight excluding hydrogens is 154 g/mol. The van der Waals surface area contributed by atoms with E-state index in [4.69, 9.17) is 5.11 Å². The van der Waals surface area contributed by atoms with Gasteiger partial charge in [0.1, 0.15) is 0 Å². The summed E-state index contributed by atoms with van der Waals surface area (Å²) in [5.74, 6) is 0. The minimum atomic E-state index is -0.0267. The number of aromatic nitrogens is 3. The number of nitrogens with zero attached hydrogens (tertiary/aromatic N) is 3. The maximum absolute atomic E-state index is 8.83. The molecule has 12 heavy (non-hydrogen) atoms. The zero-order valence-electron chi connectivity index (χ0n) is 6.73. The summed E-state index contributed by atoms with van der Waals surface area (Å²) < 4.78 is 1.72. The monoisotopic (exact) mass is 163 g/mol. The first-order chi connectivity index (χ1) is 5.81. The maximum Gasteiger partial charge on any atom is 0.0890 e. The molecule has 0 saturated carbocycles. The van der Waals surface area contributed by atoms with Crippen LogP contribution in [-0.2, 0) is 6.61 Å². The van der Waals surface area contributed by atoms with Crippen molar-refractivity contribution in [2.24, 2.45) is 0 Å². The van der Waals surface area contributed by atoms with Crippen molar-refractivity contribution >= 4 is 5.52 Å².